The third-order valence-corrected chi connectivity index (χ3v) is 7.76. The van der Waals surface area contributed by atoms with Gasteiger partial charge in [0.15, 0.2) is 0 Å². The molecule has 0 spiro atoms. The molecule has 0 saturated carbocycles. The Morgan fingerprint density at radius 3 is 2.32 bits per heavy atom. The fraction of sp³-hybridized carbons (Fsp3) is 0.444. The number of alkyl halides is 3. The first-order valence-corrected chi connectivity index (χ1v) is 12.4. The smallest absolute Gasteiger partial charge is 0.367 e. The van der Waals surface area contributed by atoms with Gasteiger partial charge in [-0.25, -0.2) is 0 Å². The Hall–Kier alpha value is -3.74. The summed E-state index contributed by atoms with van der Waals surface area (Å²) in [7, 11) is 0. The maximum absolute atomic E-state index is 13.8. The summed E-state index contributed by atoms with van der Waals surface area (Å²) in [6.45, 7) is 4.76. The van der Waals surface area contributed by atoms with Crippen LogP contribution in [0.3, 0.4) is 0 Å². The summed E-state index contributed by atoms with van der Waals surface area (Å²) >= 11 is 0. The number of anilines is 2. The van der Waals surface area contributed by atoms with Crippen LogP contribution in [-0.2, 0) is 22.2 Å². The molecule has 2 aromatic carbocycles. The van der Waals surface area contributed by atoms with E-state index in [4.69, 9.17) is 0 Å². The van der Waals surface area contributed by atoms with Gasteiger partial charge in [0.2, 0.25) is 11.8 Å². The largest absolute Gasteiger partial charge is 0.416 e. The molecule has 7 nitrogen and oxygen atoms in total. The summed E-state index contributed by atoms with van der Waals surface area (Å²) in [6, 6.07) is 13.1. The van der Waals surface area contributed by atoms with Gasteiger partial charge in [0.25, 0.3) is 0 Å². The zero-order valence-electron chi connectivity index (χ0n) is 20.5. The van der Waals surface area contributed by atoms with Crippen molar-refractivity contribution in [3.63, 3.8) is 0 Å². The third kappa shape index (κ3) is 4.70. The number of halogens is 3. The van der Waals surface area contributed by atoms with Crippen molar-refractivity contribution < 1.29 is 22.8 Å². The molecule has 3 aliphatic heterocycles. The summed E-state index contributed by atoms with van der Waals surface area (Å²) < 4.78 is 40.5. The van der Waals surface area contributed by atoms with Crippen LogP contribution in [0.5, 0.6) is 0 Å². The molecule has 10 heteroatoms. The second-order valence-corrected chi connectivity index (χ2v) is 9.82. The molecular formula is C27H28F3N5O2. The lowest BCUT2D eigenvalue weighted by molar-refractivity contribution is -0.142. The van der Waals surface area contributed by atoms with Gasteiger partial charge in [-0.05, 0) is 42.3 Å². The minimum atomic E-state index is -4.46. The number of hydrogen-bond donors (Lipinski definition) is 0. The minimum Gasteiger partial charge on any atom is -0.367 e. The molecule has 2 amide bonds. The molecule has 2 aromatic rings. The molecule has 3 aliphatic rings. The molecule has 2 fully saturated rings. The summed E-state index contributed by atoms with van der Waals surface area (Å²) in [6.07, 6.45) is -4.26. The predicted octanol–water partition coefficient (Wildman–Crippen LogP) is 3.14. The van der Waals surface area contributed by atoms with E-state index >= 15 is 0 Å². The average Bonchev–Trinajstić information content (AvgIpc) is 2.91. The number of carbonyl (C=O) groups excluding carboxylic acids is 2. The zero-order valence-corrected chi connectivity index (χ0v) is 20.5. The van der Waals surface area contributed by atoms with Crippen molar-refractivity contribution in [1.82, 2.24) is 9.80 Å². The molecule has 0 unspecified atom stereocenters. The summed E-state index contributed by atoms with van der Waals surface area (Å²) in [5.41, 5.74) is 1.89. The second-order valence-electron chi connectivity index (χ2n) is 9.82. The molecule has 0 aromatic heterocycles. The van der Waals surface area contributed by atoms with Gasteiger partial charge < -0.3 is 19.6 Å². The Morgan fingerprint density at radius 2 is 1.65 bits per heavy atom. The van der Waals surface area contributed by atoms with Crippen LogP contribution in [0.4, 0.5) is 24.5 Å². The molecule has 0 N–H and O–H groups in total. The average molecular weight is 512 g/mol. The molecule has 5 rings (SSSR count). The fourth-order valence-electron chi connectivity index (χ4n) is 5.82. The zero-order chi connectivity index (χ0) is 26.3. The monoisotopic (exact) mass is 511 g/mol. The van der Waals surface area contributed by atoms with Gasteiger partial charge in [0.1, 0.15) is 6.07 Å². The van der Waals surface area contributed by atoms with E-state index in [1.807, 2.05) is 12.1 Å². The minimum absolute atomic E-state index is 0.0383. The van der Waals surface area contributed by atoms with Crippen molar-refractivity contribution in [2.75, 3.05) is 55.6 Å². The Labute approximate surface area is 213 Å². The number of para-hydroxylation sites is 1. The number of rotatable bonds is 2. The molecule has 0 radical (unpaired) electrons. The standard InChI is InChI=1S/C27H28F3N5O2/c1-18(36)32-8-10-33(11-9-32)26(37)22-15-20-14-21(27(28,29)30)6-7-24(20)35-13-12-34(17-25(22)35)23-5-3-2-4-19(23)16-31/h2-7,14,22,25H,8-13,15,17H2,1H3/t22-,25+/m1/s1. The van der Waals surface area contributed by atoms with Crippen molar-refractivity contribution >= 4 is 23.2 Å². The van der Waals surface area contributed by atoms with Crippen molar-refractivity contribution in [1.29, 1.82) is 5.26 Å². The predicted molar refractivity (Wildman–Crippen MR) is 132 cm³/mol. The normalized spacial score (nSPS) is 21.7. The number of hydrogen-bond acceptors (Lipinski definition) is 5. The summed E-state index contributed by atoms with van der Waals surface area (Å²) in [5.74, 6) is -0.683. The highest BCUT2D eigenvalue weighted by Gasteiger charge is 2.44. The quantitative estimate of drug-likeness (QED) is 0.620. The van der Waals surface area contributed by atoms with Crippen LogP contribution in [0.2, 0.25) is 0 Å². The molecular weight excluding hydrogens is 483 g/mol. The molecule has 2 saturated heterocycles. The van der Waals surface area contributed by atoms with Gasteiger partial charge in [0.05, 0.1) is 28.8 Å². The molecule has 37 heavy (non-hydrogen) atoms. The van der Waals surface area contributed by atoms with Crippen LogP contribution in [-0.4, -0.2) is 73.5 Å². The fourth-order valence-corrected chi connectivity index (χ4v) is 5.82. The summed E-state index contributed by atoms with van der Waals surface area (Å²) in [5, 5.41) is 9.61. The van der Waals surface area contributed by atoms with Gasteiger partial charge in [0, 0.05) is 58.4 Å². The van der Waals surface area contributed by atoms with E-state index in [1.165, 1.54) is 19.1 Å². The van der Waals surface area contributed by atoms with E-state index in [0.29, 0.717) is 56.9 Å². The Morgan fingerprint density at radius 1 is 0.946 bits per heavy atom. The second kappa shape index (κ2) is 9.61. The first-order valence-electron chi connectivity index (χ1n) is 12.4. The lowest BCUT2D eigenvalue weighted by Crippen LogP contribution is -2.62. The van der Waals surface area contributed by atoms with Gasteiger partial charge >= 0.3 is 6.18 Å². The van der Waals surface area contributed by atoms with Crippen LogP contribution in [0, 0.1) is 17.2 Å². The van der Waals surface area contributed by atoms with Crippen molar-refractivity contribution in [2.45, 2.75) is 25.6 Å². The first-order chi connectivity index (χ1) is 17.7. The molecule has 194 valence electrons. The highest BCUT2D eigenvalue weighted by molar-refractivity contribution is 5.83. The van der Waals surface area contributed by atoms with E-state index in [2.05, 4.69) is 15.9 Å². The number of nitrogens with zero attached hydrogens (tertiary/aromatic N) is 5. The molecule has 3 heterocycles. The highest BCUT2D eigenvalue weighted by Crippen LogP contribution is 2.41. The number of fused-ring (bicyclic) bond motifs is 3. The molecule has 2 atom stereocenters. The van der Waals surface area contributed by atoms with E-state index < -0.39 is 17.7 Å². The lowest BCUT2D eigenvalue weighted by Gasteiger charge is -2.51. The van der Waals surface area contributed by atoms with Crippen LogP contribution in [0.1, 0.15) is 23.6 Å². The number of amides is 2. The maximum Gasteiger partial charge on any atom is 0.416 e. The number of nitriles is 1. The third-order valence-electron chi connectivity index (χ3n) is 7.76. The van der Waals surface area contributed by atoms with E-state index in [1.54, 1.807) is 21.9 Å². The topological polar surface area (TPSA) is 70.9 Å². The van der Waals surface area contributed by atoms with E-state index in [-0.39, 0.29) is 24.3 Å². The van der Waals surface area contributed by atoms with Crippen LogP contribution in [0.25, 0.3) is 0 Å². The number of benzene rings is 2. The van der Waals surface area contributed by atoms with Crippen LogP contribution < -0.4 is 9.80 Å². The van der Waals surface area contributed by atoms with Crippen LogP contribution >= 0.6 is 0 Å². The SMILES string of the molecule is CC(=O)N1CCN(C(=O)[C@@H]2Cc3cc(C(F)(F)F)ccc3N3CCN(c4ccccc4C#N)C[C@@H]23)CC1. The molecule has 0 aliphatic carbocycles. The Kier molecular flexibility index (Phi) is 6.48. The van der Waals surface area contributed by atoms with Gasteiger partial charge in [-0.15, -0.1) is 0 Å². The van der Waals surface area contributed by atoms with Gasteiger partial charge in [-0.3, -0.25) is 9.59 Å². The Bertz CT molecular complexity index is 1250. The van der Waals surface area contributed by atoms with Crippen molar-refractivity contribution in [3.8, 4) is 6.07 Å². The number of piperazine rings is 2. The first kappa shape index (κ1) is 24.9. The van der Waals surface area contributed by atoms with Gasteiger partial charge in [-0.2, -0.15) is 18.4 Å². The van der Waals surface area contributed by atoms with Crippen molar-refractivity contribution in [3.05, 3.63) is 59.2 Å². The van der Waals surface area contributed by atoms with Gasteiger partial charge in [-0.1, -0.05) is 12.1 Å². The van der Waals surface area contributed by atoms with E-state index in [0.717, 1.165) is 17.4 Å². The molecule has 0 bridgehead atoms. The van der Waals surface area contributed by atoms with E-state index in [9.17, 15) is 28.0 Å². The lowest BCUT2D eigenvalue weighted by atomic mass is 9.82. The van der Waals surface area contributed by atoms with Crippen LogP contribution in [0.15, 0.2) is 42.5 Å². The number of carbonyl (C=O) groups is 2. The maximum atomic E-state index is 13.8. The Balaban J connectivity index is 1.47. The summed E-state index contributed by atoms with van der Waals surface area (Å²) in [4.78, 5) is 33.2. The van der Waals surface area contributed by atoms with Crippen molar-refractivity contribution in [2.24, 2.45) is 5.92 Å². The highest BCUT2D eigenvalue weighted by atomic mass is 19.4.